The minimum absolute atomic E-state index is 0.154. The average molecular weight is 231 g/mol. The Labute approximate surface area is 97.6 Å². The summed E-state index contributed by atoms with van der Waals surface area (Å²) >= 11 is 0. The highest BCUT2D eigenvalue weighted by Gasteiger charge is 2.02. The maximum absolute atomic E-state index is 13.2. The van der Waals surface area contributed by atoms with Crippen molar-refractivity contribution in [3.05, 3.63) is 60.3 Å². The van der Waals surface area contributed by atoms with Crippen LogP contribution < -0.4 is 5.32 Å². The molecule has 2 rings (SSSR count). The number of amides is 1. The van der Waals surface area contributed by atoms with Crippen LogP contribution in [0, 0.1) is 5.82 Å². The molecule has 1 amide bonds. The second kappa shape index (κ2) is 5.12. The molecule has 2 aromatic rings. The van der Waals surface area contributed by atoms with Gasteiger partial charge in [0.25, 0.3) is 0 Å². The molecule has 0 aliphatic rings. The van der Waals surface area contributed by atoms with Crippen LogP contribution >= 0.6 is 0 Å². The van der Waals surface area contributed by atoms with Gasteiger partial charge in [0.1, 0.15) is 11.6 Å². The average Bonchev–Trinajstić information content (AvgIpc) is 2.82. The van der Waals surface area contributed by atoms with E-state index in [1.54, 1.807) is 24.3 Å². The third-order valence-electron chi connectivity index (χ3n) is 2.07. The number of rotatable bonds is 3. The van der Waals surface area contributed by atoms with E-state index in [0.29, 0.717) is 5.76 Å². The van der Waals surface area contributed by atoms with Crippen molar-refractivity contribution in [1.29, 1.82) is 0 Å². The summed E-state index contributed by atoms with van der Waals surface area (Å²) in [6.07, 6.45) is 4.30. The first-order valence-corrected chi connectivity index (χ1v) is 5.03. The van der Waals surface area contributed by atoms with Gasteiger partial charge in [-0.05, 0) is 30.3 Å². The predicted molar refractivity (Wildman–Crippen MR) is 62.8 cm³/mol. The number of carbonyl (C=O) groups excluding carboxylic acids is 1. The van der Waals surface area contributed by atoms with Crippen LogP contribution in [0.1, 0.15) is 5.76 Å². The van der Waals surface area contributed by atoms with Crippen LogP contribution in [0.5, 0.6) is 0 Å². The van der Waals surface area contributed by atoms with Gasteiger partial charge in [-0.3, -0.25) is 4.79 Å². The van der Waals surface area contributed by atoms with Crippen LogP contribution in [-0.2, 0) is 4.79 Å². The predicted octanol–water partition coefficient (Wildman–Crippen LogP) is 3.07. The Morgan fingerprint density at radius 1 is 1.24 bits per heavy atom. The Bertz CT molecular complexity index is 532. The molecular formula is C13H10FNO2. The summed E-state index contributed by atoms with van der Waals surface area (Å²) in [7, 11) is 0. The van der Waals surface area contributed by atoms with Gasteiger partial charge in [0.2, 0.25) is 5.91 Å². The van der Waals surface area contributed by atoms with Gasteiger partial charge in [-0.2, -0.15) is 0 Å². The zero-order chi connectivity index (χ0) is 12.1. The molecule has 0 radical (unpaired) electrons. The van der Waals surface area contributed by atoms with E-state index >= 15 is 0 Å². The number of furan rings is 1. The molecule has 0 unspecified atom stereocenters. The molecule has 0 bridgehead atoms. The molecule has 0 saturated carbocycles. The first kappa shape index (κ1) is 11.1. The SMILES string of the molecule is O=C(/C=C\c1ccco1)Nc1ccccc1F. The molecule has 0 fully saturated rings. The van der Waals surface area contributed by atoms with E-state index in [0.717, 1.165) is 0 Å². The molecule has 1 aromatic carbocycles. The van der Waals surface area contributed by atoms with Crippen LogP contribution in [0.25, 0.3) is 6.08 Å². The summed E-state index contributed by atoms with van der Waals surface area (Å²) in [4.78, 5) is 11.5. The van der Waals surface area contributed by atoms with E-state index in [1.165, 1.54) is 30.5 Å². The molecule has 86 valence electrons. The second-order valence-electron chi connectivity index (χ2n) is 3.32. The topological polar surface area (TPSA) is 42.2 Å². The number of carbonyl (C=O) groups is 1. The standard InChI is InChI=1S/C13H10FNO2/c14-11-5-1-2-6-12(11)15-13(16)8-7-10-4-3-9-17-10/h1-9H,(H,15,16)/b8-7-. The normalized spacial score (nSPS) is 10.6. The Morgan fingerprint density at radius 3 is 2.76 bits per heavy atom. The zero-order valence-electron chi connectivity index (χ0n) is 8.89. The molecule has 4 heteroatoms. The van der Waals surface area contributed by atoms with Crippen LogP contribution in [0.15, 0.2) is 53.2 Å². The zero-order valence-corrected chi connectivity index (χ0v) is 8.89. The summed E-state index contributed by atoms with van der Waals surface area (Å²) in [6, 6.07) is 9.42. The minimum atomic E-state index is -0.466. The summed E-state index contributed by atoms with van der Waals surface area (Å²) in [5.41, 5.74) is 0.154. The van der Waals surface area contributed by atoms with Crippen molar-refractivity contribution in [3.63, 3.8) is 0 Å². The third-order valence-corrected chi connectivity index (χ3v) is 2.07. The van der Waals surface area contributed by atoms with E-state index in [9.17, 15) is 9.18 Å². The van der Waals surface area contributed by atoms with Gasteiger partial charge in [0, 0.05) is 6.08 Å². The van der Waals surface area contributed by atoms with Crippen LogP contribution in [0.4, 0.5) is 10.1 Å². The highest BCUT2D eigenvalue weighted by Crippen LogP contribution is 2.12. The highest BCUT2D eigenvalue weighted by molar-refractivity contribution is 6.01. The Kier molecular flexibility index (Phi) is 3.35. The highest BCUT2D eigenvalue weighted by atomic mass is 19.1. The maximum atomic E-state index is 13.2. The first-order valence-electron chi connectivity index (χ1n) is 5.03. The fourth-order valence-electron chi connectivity index (χ4n) is 1.28. The number of benzene rings is 1. The molecule has 0 atom stereocenters. The molecule has 0 aliphatic carbocycles. The number of hydrogen-bond donors (Lipinski definition) is 1. The molecule has 1 aromatic heterocycles. The number of halogens is 1. The van der Waals surface area contributed by atoms with Crippen LogP contribution in [0.3, 0.4) is 0 Å². The van der Waals surface area contributed by atoms with Crippen molar-refractivity contribution >= 4 is 17.7 Å². The Hall–Kier alpha value is -2.36. The van der Waals surface area contributed by atoms with Crippen molar-refractivity contribution < 1.29 is 13.6 Å². The summed E-state index contributed by atoms with van der Waals surface area (Å²) in [5, 5.41) is 2.43. The quantitative estimate of drug-likeness (QED) is 0.825. The molecule has 0 aliphatic heterocycles. The first-order chi connectivity index (χ1) is 8.25. The van der Waals surface area contributed by atoms with Crippen LogP contribution in [0.2, 0.25) is 0 Å². The van der Waals surface area contributed by atoms with Crippen molar-refractivity contribution in [2.45, 2.75) is 0 Å². The van der Waals surface area contributed by atoms with E-state index < -0.39 is 11.7 Å². The largest absolute Gasteiger partial charge is 0.465 e. The fraction of sp³-hybridized carbons (Fsp3) is 0. The molecule has 1 heterocycles. The summed E-state index contributed by atoms with van der Waals surface area (Å²) < 4.78 is 18.2. The van der Waals surface area contributed by atoms with Gasteiger partial charge < -0.3 is 9.73 Å². The van der Waals surface area contributed by atoms with Crippen LogP contribution in [-0.4, -0.2) is 5.91 Å². The number of anilines is 1. The molecule has 17 heavy (non-hydrogen) atoms. The van der Waals surface area contributed by atoms with Crippen molar-refractivity contribution in [1.82, 2.24) is 0 Å². The molecule has 0 saturated heterocycles. The van der Waals surface area contributed by atoms with Crippen molar-refractivity contribution in [2.24, 2.45) is 0 Å². The summed E-state index contributed by atoms with van der Waals surface area (Å²) in [5.74, 6) is -0.313. The lowest BCUT2D eigenvalue weighted by Gasteiger charge is -2.02. The van der Waals surface area contributed by atoms with Crippen molar-refractivity contribution in [2.75, 3.05) is 5.32 Å². The number of nitrogens with one attached hydrogen (secondary N) is 1. The number of para-hydroxylation sites is 1. The van der Waals surface area contributed by atoms with Gasteiger partial charge in [0.15, 0.2) is 0 Å². The maximum Gasteiger partial charge on any atom is 0.248 e. The second-order valence-corrected chi connectivity index (χ2v) is 3.32. The number of hydrogen-bond acceptors (Lipinski definition) is 2. The molecular weight excluding hydrogens is 221 g/mol. The molecule has 1 N–H and O–H groups in total. The lowest BCUT2D eigenvalue weighted by molar-refractivity contribution is -0.111. The molecule has 3 nitrogen and oxygen atoms in total. The lowest BCUT2D eigenvalue weighted by Crippen LogP contribution is -2.08. The van der Waals surface area contributed by atoms with Gasteiger partial charge >= 0.3 is 0 Å². The van der Waals surface area contributed by atoms with Crippen molar-refractivity contribution in [3.8, 4) is 0 Å². The van der Waals surface area contributed by atoms with Gasteiger partial charge in [0.05, 0.1) is 12.0 Å². The summed E-state index contributed by atoms with van der Waals surface area (Å²) in [6.45, 7) is 0. The molecule has 0 spiro atoms. The fourth-order valence-corrected chi connectivity index (χ4v) is 1.28. The van der Waals surface area contributed by atoms with Gasteiger partial charge in [-0.1, -0.05) is 12.1 Å². The van der Waals surface area contributed by atoms with Gasteiger partial charge in [-0.25, -0.2) is 4.39 Å². The lowest BCUT2D eigenvalue weighted by atomic mass is 10.3. The third kappa shape index (κ3) is 3.04. The Balaban J connectivity index is 2.01. The minimum Gasteiger partial charge on any atom is -0.465 e. The van der Waals surface area contributed by atoms with E-state index in [1.807, 2.05) is 0 Å². The van der Waals surface area contributed by atoms with E-state index in [-0.39, 0.29) is 5.69 Å². The monoisotopic (exact) mass is 231 g/mol. The van der Waals surface area contributed by atoms with Gasteiger partial charge in [-0.15, -0.1) is 0 Å². The van der Waals surface area contributed by atoms with E-state index in [2.05, 4.69) is 5.32 Å². The smallest absolute Gasteiger partial charge is 0.248 e. The Morgan fingerprint density at radius 2 is 2.06 bits per heavy atom. The van der Waals surface area contributed by atoms with E-state index in [4.69, 9.17) is 4.42 Å².